The van der Waals surface area contributed by atoms with Crippen molar-refractivity contribution in [1.82, 2.24) is 25.5 Å². The van der Waals surface area contributed by atoms with E-state index in [2.05, 4.69) is 20.8 Å². The molecule has 0 amide bonds. The summed E-state index contributed by atoms with van der Waals surface area (Å²) >= 11 is 0. The van der Waals surface area contributed by atoms with Crippen molar-refractivity contribution >= 4 is 12.4 Å². The van der Waals surface area contributed by atoms with Crippen LogP contribution in [0.2, 0.25) is 0 Å². The maximum absolute atomic E-state index is 6.03. The van der Waals surface area contributed by atoms with Crippen LogP contribution in [0.1, 0.15) is 18.1 Å². The van der Waals surface area contributed by atoms with Crippen LogP contribution in [-0.2, 0) is 13.0 Å². The molecule has 0 bridgehead atoms. The lowest BCUT2D eigenvalue weighted by Crippen LogP contribution is -2.16. The normalized spacial score (nSPS) is 10.4. The van der Waals surface area contributed by atoms with Crippen LogP contribution in [0.15, 0.2) is 66.7 Å². The van der Waals surface area contributed by atoms with Crippen LogP contribution in [-0.4, -0.2) is 47.6 Å². The standard InChI is InChI=1S/C26H29N5O4.ClH/c1-4-34-25-17-20(18-27-15-14-19-10-12-22(32-2)24(16-19)33-3)11-13-23(25)35-26-28-29-30-31(26)21-8-6-5-7-9-21;/h5-13,16-17,27H,4,14-15,18H2,1-3H3;1H. The summed E-state index contributed by atoms with van der Waals surface area (Å²) in [5, 5.41) is 15.3. The largest absolute Gasteiger partial charge is 0.493 e. The van der Waals surface area contributed by atoms with Crippen LogP contribution in [0.25, 0.3) is 5.69 Å². The fourth-order valence-corrected chi connectivity index (χ4v) is 3.59. The number of hydrogen-bond donors (Lipinski definition) is 1. The molecule has 0 fully saturated rings. The molecule has 36 heavy (non-hydrogen) atoms. The fourth-order valence-electron chi connectivity index (χ4n) is 3.59. The molecule has 0 unspecified atom stereocenters. The number of aromatic nitrogens is 4. The Morgan fingerprint density at radius 2 is 1.56 bits per heavy atom. The van der Waals surface area contributed by atoms with Gasteiger partial charge >= 0.3 is 6.01 Å². The van der Waals surface area contributed by atoms with Crippen molar-refractivity contribution in [2.45, 2.75) is 19.9 Å². The Labute approximate surface area is 216 Å². The minimum atomic E-state index is 0. The Morgan fingerprint density at radius 1 is 0.833 bits per heavy atom. The van der Waals surface area contributed by atoms with E-state index in [1.165, 1.54) is 5.56 Å². The maximum Gasteiger partial charge on any atom is 0.346 e. The second kappa shape index (κ2) is 13.3. The van der Waals surface area contributed by atoms with Gasteiger partial charge in [0.25, 0.3) is 0 Å². The summed E-state index contributed by atoms with van der Waals surface area (Å²) in [6.07, 6.45) is 0.863. The molecule has 0 spiro atoms. The number of methoxy groups -OCH3 is 2. The Bertz CT molecular complexity index is 1240. The zero-order chi connectivity index (χ0) is 24.5. The number of hydrogen-bond acceptors (Lipinski definition) is 8. The van der Waals surface area contributed by atoms with Gasteiger partial charge in [0.2, 0.25) is 0 Å². The molecule has 190 valence electrons. The molecule has 0 radical (unpaired) electrons. The molecule has 0 aliphatic heterocycles. The number of tetrazole rings is 1. The third kappa shape index (κ3) is 6.65. The lowest BCUT2D eigenvalue weighted by atomic mass is 10.1. The van der Waals surface area contributed by atoms with E-state index in [1.807, 2.05) is 73.7 Å². The van der Waals surface area contributed by atoms with Crippen LogP contribution >= 0.6 is 12.4 Å². The van der Waals surface area contributed by atoms with Crippen LogP contribution in [0, 0.1) is 0 Å². The number of halogens is 1. The lowest BCUT2D eigenvalue weighted by Gasteiger charge is -2.13. The summed E-state index contributed by atoms with van der Waals surface area (Å²) in [7, 11) is 3.28. The summed E-state index contributed by atoms with van der Waals surface area (Å²) in [5.41, 5.74) is 3.06. The molecule has 0 aliphatic carbocycles. The lowest BCUT2D eigenvalue weighted by molar-refractivity contribution is 0.315. The molecule has 1 aromatic heterocycles. The van der Waals surface area contributed by atoms with Crippen LogP contribution in [0.5, 0.6) is 29.0 Å². The molecule has 4 aromatic rings. The molecule has 0 aliphatic rings. The topological polar surface area (TPSA) is 92.6 Å². The molecular formula is C26H30ClN5O4. The predicted molar refractivity (Wildman–Crippen MR) is 139 cm³/mol. The van der Waals surface area contributed by atoms with Gasteiger partial charge in [-0.05, 0) is 77.8 Å². The number of para-hydroxylation sites is 1. The van der Waals surface area contributed by atoms with E-state index in [9.17, 15) is 0 Å². The average molecular weight is 512 g/mol. The van der Waals surface area contributed by atoms with E-state index in [1.54, 1.807) is 18.9 Å². The van der Waals surface area contributed by atoms with Gasteiger partial charge in [0.05, 0.1) is 26.5 Å². The minimum Gasteiger partial charge on any atom is -0.493 e. The van der Waals surface area contributed by atoms with Crippen LogP contribution in [0.3, 0.4) is 0 Å². The second-order valence-corrected chi connectivity index (χ2v) is 7.64. The molecule has 4 rings (SSSR count). The van der Waals surface area contributed by atoms with E-state index < -0.39 is 0 Å². The first-order valence-electron chi connectivity index (χ1n) is 11.4. The third-order valence-corrected chi connectivity index (χ3v) is 5.32. The fraction of sp³-hybridized carbons (Fsp3) is 0.269. The monoisotopic (exact) mass is 511 g/mol. The molecule has 0 atom stereocenters. The summed E-state index contributed by atoms with van der Waals surface area (Å²) in [6, 6.07) is 21.7. The smallest absolute Gasteiger partial charge is 0.346 e. The second-order valence-electron chi connectivity index (χ2n) is 7.64. The first-order valence-corrected chi connectivity index (χ1v) is 11.4. The van der Waals surface area contributed by atoms with Crippen molar-refractivity contribution in [3.8, 4) is 34.7 Å². The highest BCUT2D eigenvalue weighted by molar-refractivity contribution is 5.85. The summed E-state index contributed by atoms with van der Waals surface area (Å²) in [5.74, 6) is 2.65. The van der Waals surface area contributed by atoms with E-state index in [0.717, 1.165) is 35.7 Å². The van der Waals surface area contributed by atoms with Crippen molar-refractivity contribution in [2.75, 3.05) is 27.4 Å². The van der Waals surface area contributed by atoms with Gasteiger partial charge in [-0.25, -0.2) is 0 Å². The Morgan fingerprint density at radius 3 is 2.31 bits per heavy atom. The molecule has 9 nitrogen and oxygen atoms in total. The van der Waals surface area contributed by atoms with Crippen molar-refractivity contribution in [2.24, 2.45) is 0 Å². The number of nitrogens with zero attached hydrogens (tertiary/aromatic N) is 4. The first-order chi connectivity index (χ1) is 17.2. The van der Waals surface area contributed by atoms with Crippen molar-refractivity contribution < 1.29 is 18.9 Å². The van der Waals surface area contributed by atoms with Crippen molar-refractivity contribution in [3.05, 3.63) is 77.9 Å². The molecule has 3 aromatic carbocycles. The van der Waals surface area contributed by atoms with E-state index >= 15 is 0 Å². The van der Waals surface area contributed by atoms with E-state index in [0.29, 0.717) is 24.7 Å². The van der Waals surface area contributed by atoms with Crippen LogP contribution in [0.4, 0.5) is 0 Å². The van der Waals surface area contributed by atoms with Gasteiger partial charge in [0, 0.05) is 6.54 Å². The summed E-state index contributed by atoms with van der Waals surface area (Å²) < 4.78 is 24.1. The van der Waals surface area contributed by atoms with Gasteiger partial charge < -0.3 is 24.3 Å². The van der Waals surface area contributed by atoms with Gasteiger partial charge in [-0.15, -0.1) is 12.4 Å². The summed E-state index contributed by atoms with van der Waals surface area (Å²) in [6.45, 7) is 3.95. The highest BCUT2D eigenvalue weighted by Crippen LogP contribution is 2.32. The van der Waals surface area contributed by atoms with Gasteiger partial charge in [-0.1, -0.05) is 35.4 Å². The number of benzene rings is 3. The van der Waals surface area contributed by atoms with E-state index in [-0.39, 0.29) is 18.4 Å². The third-order valence-electron chi connectivity index (χ3n) is 5.32. The quantitative estimate of drug-likeness (QED) is 0.275. The molecule has 0 saturated heterocycles. The zero-order valence-electron chi connectivity index (χ0n) is 20.5. The van der Waals surface area contributed by atoms with Crippen molar-refractivity contribution in [3.63, 3.8) is 0 Å². The molecule has 1 N–H and O–H groups in total. The zero-order valence-corrected chi connectivity index (χ0v) is 21.3. The minimum absolute atomic E-state index is 0. The van der Waals surface area contributed by atoms with E-state index in [4.69, 9.17) is 18.9 Å². The SMILES string of the molecule is CCOc1cc(CNCCc2ccc(OC)c(OC)c2)ccc1Oc1nnnn1-c1ccccc1.Cl. The van der Waals surface area contributed by atoms with Crippen LogP contribution < -0.4 is 24.3 Å². The van der Waals surface area contributed by atoms with Gasteiger partial charge in [-0.3, -0.25) is 0 Å². The Kier molecular flexibility index (Phi) is 9.91. The number of nitrogens with one attached hydrogen (secondary N) is 1. The number of ether oxygens (including phenoxy) is 4. The van der Waals surface area contributed by atoms with Gasteiger partial charge in [0.1, 0.15) is 0 Å². The van der Waals surface area contributed by atoms with Crippen molar-refractivity contribution in [1.29, 1.82) is 0 Å². The summed E-state index contributed by atoms with van der Waals surface area (Å²) in [4.78, 5) is 0. The molecular weight excluding hydrogens is 482 g/mol. The molecule has 10 heteroatoms. The Balaban J connectivity index is 0.00000361. The average Bonchev–Trinajstić information content (AvgIpc) is 3.36. The Hall–Kier alpha value is -3.82. The highest BCUT2D eigenvalue weighted by atomic mass is 35.5. The molecule has 1 heterocycles. The van der Waals surface area contributed by atoms with Gasteiger partial charge in [0.15, 0.2) is 23.0 Å². The highest BCUT2D eigenvalue weighted by Gasteiger charge is 2.14. The number of rotatable bonds is 12. The van der Waals surface area contributed by atoms with Gasteiger partial charge in [-0.2, -0.15) is 4.68 Å². The predicted octanol–water partition coefficient (Wildman–Crippen LogP) is 4.62. The molecule has 0 saturated carbocycles. The maximum atomic E-state index is 6.03. The first kappa shape index (κ1) is 26.8.